The topological polar surface area (TPSA) is 63.9 Å². The summed E-state index contributed by atoms with van der Waals surface area (Å²) in [4.78, 5) is 19.9. The number of nitrogens with zero attached hydrogens (tertiary/aromatic N) is 5. The van der Waals surface area contributed by atoms with Gasteiger partial charge >= 0.3 is 0 Å². The molecule has 8 heteroatoms. The predicted molar refractivity (Wildman–Crippen MR) is 119 cm³/mol. The second-order valence-corrected chi connectivity index (χ2v) is 10.7. The molecule has 6 nitrogen and oxygen atoms in total. The summed E-state index contributed by atoms with van der Waals surface area (Å²) in [6.07, 6.45) is 7.05. The zero-order valence-corrected chi connectivity index (χ0v) is 18.5. The lowest BCUT2D eigenvalue weighted by Gasteiger charge is -2.31. The summed E-state index contributed by atoms with van der Waals surface area (Å²) >= 11 is 3.34. The standard InChI is InChI=1S/C22H25N5OS2/c28-19(13-29-22-25-24-20(14-7-8-14)27(22)16-9-10-16)26-11-3-4-15(12-26)21-23-17-5-1-2-6-18(17)30-21/h1-2,5-6,14-16H,3-4,7-13H2. The monoisotopic (exact) mass is 439 g/mol. The average molecular weight is 440 g/mol. The van der Waals surface area contributed by atoms with Gasteiger partial charge in [0.15, 0.2) is 5.16 Å². The van der Waals surface area contributed by atoms with E-state index >= 15 is 0 Å². The van der Waals surface area contributed by atoms with Crippen LogP contribution in [0, 0.1) is 0 Å². The Morgan fingerprint density at radius 3 is 2.77 bits per heavy atom. The van der Waals surface area contributed by atoms with Gasteiger partial charge in [-0.25, -0.2) is 4.98 Å². The summed E-state index contributed by atoms with van der Waals surface area (Å²) in [5.74, 6) is 2.76. The van der Waals surface area contributed by atoms with E-state index in [0.29, 0.717) is 23.6 Å². The van der Waals surface area contributed by atoms with Crippen LogP contribution < -0.4 is 0 Å². The first kappa shape index (κ1) is 18.8. The molecule has 6 rings (SSSR count). The molecule has 30 heavy (non-hydrogen) atoms. The first-order valence-corrected chi connectivity index (χ1v) is 12.8. The minimum atomic E-state index is 0.212. The Morgan fingerprint density at radius 1 is 1.10 bits per heavy atom. The molecule has 1 atom stereocenters. The summed E-state index contributed by atoms with van der Waals surface area (Å²) in [6.45, 7) is 1.63. The normalized spacial score (nSPS) is 22.0. The molecule has 3 aromatic rings. The Bertz CT molecular complexity index is 1050. The number of hydrogen-bond acceptors (Lipinski definition) is 6. The number of piperidine rings is 1. The lowest BCUT2D eigenvalue weighted by atomic mass is 9.99. The highest BCUT2D eigenvalue weighted by molar-refractivity contribution is 7.99. The molecule has 2 aliphatic carbocycles. The number of hydrogen-bond donors (Lipinski definition) is 0. The van der Waals surface area contributed by atoms with Gasteiger partial charge in [-0.05, 0) is 50.7 Å². The molecule has 1 aliphatic heterocycles. The number of likely N-dealkylation sites (tertiary alicyclic amines) is 1. The number of benzene rings is 1. The van der Waals surface area contributed by atoms with E-state index in [1.807, 2.05) is 11.0 Å². The van der Waals surface area contributed by atoms with Crippen molar-refractivity contribution in [2.24, 2.45) is 0 Å². The average Bonchev–Trinajstić information content (AvgIpc) is 3.71. The molecule has 1 saturated heterocycles. The Balaban J connectivity index is 1.12. The van der Waals surface area contributed by atoms with Crippen molar-refractivity contribution >= 4 is 39.2 Å². The van der Waals surface area contributed by atoms with Crippen molar-refractivity contribution < 1.29 is 4.79 Å². The second-order valence-electron chi connectivity index (χ2n) is 8.70. The first-order chi connectivity index (χ1) is 14.8. The van der Waals surface area contributed by atoms with Crippen molar-refractivity contribution in [3.8, 4) is 0 Å². The third-order valence-corrected chi connectivity index (χ3v) is 8.43. The van der Waals surface area contributed by atoms with Crippen molar-refractivity contribution in [2.45, 2.75) is 61.6 Å². The lowest BCUT2D eigenvalue weighted by molar-refractivity contribution is -0.129. The Labute approximate surface area is 184 Å². The second kappa shape index (κ2) is 7.64. The van der Waals surface area contributed by atoms with E-state index in [1.54, 1.807) is 23.1 Å². The summed E-state index contributed by atoms with van der Waals surface area (Å²) in [7, 11) is 0. The largest absolute Gasteiger partial charge is 0.341 e. The van der Waals surface area contributed by atoms with Gasteiger partial charge in [-0.2, -0.15) is 0 Å². The molecule has 0 radical (unpaired) electrons. The highest BCUT2D eigenvalue weighted by Gasteiger charge is 2.36. The van der Waals surface area contributed by atoms with Crippen LogP contribution in [0.15, 0.2) is 29.4 Å². The zero-order valence-electron chi connectivity index (χ0n) is 16.9. The number of thiazole rings is 1. The van der Waals surface area contributed by atoms with Crippen LogP contribution in [0.4, 0.5) is 0 Å². The van der Waals surface area contributed by atoms with E-state index in [1.165, 1.54) is 35.4 Å². The van der Waals surface area contributed by atoms with E-state index < -0.39 is 0 Å². The van der Waals surface area contributed by atoms with Crippen LogP contribution in [0.5, 0.6) is 0 Å². The van der Waals surface area contributed by atoms with Gasteiger partial charge in [0.2, 0.25) is 5.91 Å². The smallest absolute Gasteiger partial charge is 0.233 e. The quantitative estimate of drug-likeness (QED) is 0.525. The summed E-state index contributed by atoms with van der Waals surface area (Å²) in [5, 5.41) is 11.0. The summed E-state index contributed by atoms with van der Waals surface area (Å²) in [6, 6.07) is 8.86. The molecule has 0 bridgehead atoms. The Hall–Kier alpha value is -1.93. The number of carbonyl (C=O) groups excluding carboxylic acids is 1. The minimum Gasteiger partial charge on any atom is -0.341 e. The molecule has 0 spiro atoms. The van der Waals surface area contributed by atoms with E-state index in [4.69, 9.17) is 4.98 Å². The van der Waals surface area contributed by atoms with Crippen LogP contribution in [-0.2, 0) is 4.79 Å². The molecule has 156 valence electrons. The van der Waals surface area contributed by atoms with Crippen LogP contribution in [0.1, 0.15) is 67.2 Å². The van der Waals surface area contributed by atoms with Crippen LogP contribution in [0.25, 0.3) is 10.2 Å². The maximum Gasteiger partial charge on any atom is 0.233 e. The van der Waals surface area contributed by atoms with Gasteiger partial charge in [-0.15, -0.1) is 21.5 Å². The molecule has 1 unspecified atom stereocenters. The highest BCUT2D eigenvalue weighted by atomic mass is 32.2. The Morgan fingerprint density at radius 2 is 1.97 bits per heavy atom. The predicted octanol–water partition coefficient (Wildman–Crippen LogP) is 4.60. The number of thioether (sulfide) groups is 1. The Kier molecular flexibility index (Phi) is 4.79. The van der Waals surface area contributed by atoms with Crippen LogP contribution in [-0.4, -0.2) is 49.4 Å². The van der Waals surface area contributed by atoms with Gasteiger partial charge < -0.3 is 9.47 Å². The van der Waals surface area contributed by atoms with Gasteiger partial charge in [0.25, 0.3) is 0 Å². The molecule has 2 saturated carbocycles. The third-order valence-electron chi connectivity index (χ3n) is 6.30. The molecule has 1 amide bonds. The SMILES string of the molecule is O=C(CSc1nnc(C2CC2)n1C1CC1)N1CCCC(c2nc3ccccc3s2)C1. The van der Waals surface area contributed by atoms with Gasteiger partial charge in [0.1, 0.15) is 5.82 Å². The zero-order chi connectivity index (χ0) is 20.1. The summed E-state index contributed by atoms with van der Waals surface area (Å²) < 4.78 is 3.56. The lowest BCUT2D eigenvalue weighted by Crippen LogP contribution is -2.40. The minimum absolute atomic E-state index is 0.212. The van der Waals surface area contributed by atoms with Gasteiger partial charge in [0, 0.05) is 31.0 Å². The van der Waals surface area contributed by atoms with Crippen molar-refractivity contribution in [1.29, 1.82) is 0 Å². The van der Waals surface area contributed by atoms with Gasteiger partial charge in [0.05, 0.1) is 21.0 Å². The number of carbonyl (C=O) groups is 1. The van der Waals surface area contributed by atoms with E-state index in [2.05, 4.69) is 33.0 Å². The molecule has 2 aromatic heterocycles. The maximum atomic E-state index is 13.0. The number of para-hydroxylation sites is 1. The molecular weight excluding hydrogens is 414 g/mol. The fourth-order valence-electron chi connectivity index (χ4n) is 4.37. The fraction of sp³-hybridized carbons (Fsp3) is 0.545. The van der Waals surface area contributed by atoms with Crippen molar-refractivity contribution in [3.05, 3.63) is 35.1 Å². The van der Waals surface area contributed by atoms with Gasteiger partial charge in [-0.3, -0.25) is 4.79 Å². The third kappa shape index (κ3) is 3.64. The molecular formula is C22H25N5OS2. The molecule has 0 N–H and O–H groups in total. The fourth-order valence-corrected chi connectivity index (χ4v) is 6.38. The summed E-state index contributed by atoms with van der Waals surface area (Å²) in [5.41, 5.74) is 1.07. The van der Waals surface area contributed by atoms with E-state index in [-0.39, 0.29) is 5.91 Å². The van der Waals surface area contributed by atoms with E-state index in [0.717, 1.165) is 42.4 Å². The highest BCUT2D eigenvalue weighted by Crippen LogP contribution is 2.46. The molecule has 1 aromatic carbocycles. The molecule has 3 fully saturated rings. The van der Waals surface area contributed by atoms with Crippen LogP contribution in [0.2, 0.25) is 0 Å². The van der Waals surface area contributed by atoms with Crippen LogP contribution >= 0.6 is 23.1 Å². The van der Waals surface area contributed by atoms with Crippen molar-refractivity contribution in [1.82, 2.24) is 24.6 Å². The first-order valence-electron chi connectivity index (χ1n) is 11.0. The maximum absolute atomic E-state index is 13.0. The van der Waals surface area contributed by atoms with Crippen LogP contribution in [0.3, 0.4) is 0 Å². The van der Waals surface area contributed by atoms with Gasteiger partial charge in [-0.1, -0.05) is 23.9 Å². The number of amides is 1. The van der Waals surface area contributed by atoms with Crippen molar-refractivity contribution in [3.63, 3.8) is 0 Å². The number of rotatable bonds is 6. The number of fused-ring (bicyclic) bond motifs is 1. The van der Waals surface area contributed by atoms with E-state index in [9.17, 15) is 4.79 Å². The molecule has 3 aliphatic rings. The molecule has 3 heterocycles. The van der Waals surface area contributed by atoms with Crippen molar-refractivity contribution in [2.75, 3.05) is 18.8 Å². The number of aromatic nitrogens is 4.